The molecule has 0 saturated carbocycles. The first kappa shape index (κ1) is 7.35. The third-order valence-electron chi connectivity index (χ3n) is 2.15. The van der Waals surface area contributed by atoms with E-state index < -0.39 is 0 Å². The molecule has 1 aromatic heterocycles. The van der Waals surface area contributed by atoms with Crippen molar-refractivity contribution in [2.45, 2.75) is 13.8 Å². The molecule has 2 heteroatoms. The molecular formula is C10H11N2. The van der Waals surface area contributed by atoms with Gasteiger partial charge in [0.05, 0.1) is 11.0 Å². The van der Waals surface area contributed by atoms with Crippen LogP contribution in [-0.4, -0.2) is 9.97 Å². The van der Waals surface area contributed by atoms with E-state index in [2.05, 4.69) is 42.9 Å². The molecule has 0 aliphatic heterocycles. The van der Waals surface area contributed by atoms with Gasteiger partial charge in [-0.25, -0.2) is 4.98 Å². The third kappa shape index (κ3) is 0.998. The Bertz CT molecular complexity index is 388. The highest BCUT2D eigenvalue weighted by Gasteiger charge is 2.00. The van der Waals surface area contributed by atoms with Crippen LogP contribution in [0, 0.1) is 20.8 Å². The van der Waals surface area contributed by atoms with E-state index >= 15 is 0 Å². The van der Waals surface area contributed by atoms with Crippen molar-refractivity contribution >= 4 is 11.0 Å². The van der Waals surface area contributed by atoms with Crippen molar-refractivity contribution in [3.8, 4) is 0 Å². The Labute approximate surface area is 71.6 Å². The number of H-pyrrole nitrogens is 1. The molecule has 0 atom stereocenters. The van der Waals surface area contributed by atoms with Crippen LogP contribution < -0.4 is 0 Å². The van der Waals surface area contributed by atoms with E-state index in [1.165, 1.54) is 11.1 Å². The topological polar surface area (TPSA) is 28.7 Å². The van der Waals surface area contributed by atoms with Crippen LogP contribution in [0.1, 0.15) is 17.0 Å². The second-order valence-electron chi connectivity index (χ2n) is 3.14. The van der Waals surface area contributed by atoms with Crippen molar-refractivity contribution in [3.05, 3.63) is 36.0 Å². The summed E-state index contributed by atoms with van der Waals surface area (Å²) in [6.45, 7) is 7.94. The Hall–Kier alpha value is -1.31. The SMILES string of the molecule is [CH2]c1nc2cc(C)c(C)cc2[nH]1. The molecule has 0 aliphatic rings. The minimum absolute atomic E-state index is 0.731. The number of aromatic nitrogens is 2. The molecule has 0 saturated heterocycles. The van der Waals surface area contributed by atoms with Gasteiger partial charge in [0.15, 0.2) is 0 Å². The smallest absolute Gasteiger partial charge is 0.107 e. The van der Waals surface area contributed by atoms with Crippen LogP contribution in [0.4, 0.5) is 0 Å². The quantitative estimate of drug-likeness (QED) is 0.628. The second kappa shape index (κ2) is 2.34. The van der Waals surface area contributed by atoms with E-state index in [-0.39, 0.29) is 0 Å². The van der Waals surface area contributed by atoms with Gasteiger partial charge in [0.2, 0.25) is 0 Å². The average Bonchev–Trinajstić information content (AvgIpc) is 2.30. The van der Waals surface area contributed by atoms with Gasteiger partial charge in [-0.3, -0.25) is 0 Å². The number of aryl methyl sites for hydroxylation is 2. The Balaban J connectivity index is 2.83. The van der Waals surface area contributed by atoms with Gasteiger partial charge in [-0.1, -0.05) is 0 Å². The molecule has 2 nitrogen and oxygen atoms in total. The molecule has 2 aromatic rings. The van der Waals surface area contributed by atoms with Gasteiger partial charge >= 0.3 is 0 Å². The van der Waals surface area contributed by atoms with E-state index in [1.54, 1.807) is 0 Å². The first-order valence-corrected chi connectivity index (χ1v) is 3.96. The first-order chi connectivity index (χ1) is 5.66. The van der Waals surface area contributed by atoms with Crippen molar-refractivity contribution in [3.63, 3.8) is 0 Å². The summed E-state index contributed by atoms with van der Waals surface area (Å²) in [5.41, 5.74) is 4.63. The first-order valence-electron chi connectivity index (χ1n) is 3.96. The van der Waals surface area contributed by atoms with Crippen LogP contribution in [0.25, 0.3) is 11.0 Å². The van der Waals surface area contributed by atoms with Gasteiger partial charge in [-0.05, 0) is 37.1 Å². The Morgan fingerprint density at radius 3 is 2.67 bits per heavy atom. The minimum atomic E-state index is 0.731. The monoisotopic (exact) mass is 159 g/mol. The molecular weight excluding hydrogens is 148 g/mol. The lowest BCUT2D eigenvalue weighted by molar-refractivity contribution is 1.25. The Kier molecular flexibility index (Phi) is 1.43. The fraction of sp³-hybridized carbons (Fsp3) is 0.200. The summed E-state index contributed by atoms with van der Waals surface area (Å²) in [6.07, 6.45) is 0. The van der Waals surface area contributed by atoms with Gasteiger partial charge in [-0.15, -0.1) is 0 Å². The van der Waals surface area contributed by atoms with Crippen molar-refractivity contribution in [1.29, 1.82) is 0 Å². The summed E-state index contributed by atoms with van der Waals surface area (Å²) in [5.74, 6) is 0.731. The normalized spacial score (nSPS) is 10.9. The summed E-state index contributed by atoms with van der Waals surface area (Å²) in [7, 11) is 0. The van der Waals surface area contributed by atoms with Crippen LogP contribution in [0.15, 0.2) is 12.1 Å². The van der Waals surface area contributed by atoms with Gasteiger partial charge in [0, 0.05) is 6.92 Å². The Morgan fingerprint density at radius 2 is 1.92 bits per heavy atom. The van der Waals surface area contributed by atoms with E-state index in [1.807, 2.05) is 0 Å². The summed E-state index contributed by atoms with van der Waals surface area (Å²) < 4.78 is 0. The maximum absolute atomic E-state index is 4.25. The molecule has 12 heavy (non-hydrogen) atoms. The predicted octanol–water partition coefficient (Wildman–Crippen LogP) is 2.36. The third-order valence-corrected chi connectivity index (χ3v) is 2.15. The summed E-state index contributed by atoms with van der Waals surface area (Å²) in [4.78, 5) is 7.35. The number of aromatic amines is 1. The van der Waals surface area contributed by atoms with Crippen LogP contribution in [-0.2, 0) is 0 Å². The van der Waals surface area contributed by atoms with Crippen molar-refractivity contribution in [1.82, 2.24) is 9.97 Å². The summed E-state index contributed by atoms with van der Waals surface area (Å²) in [5, 5.41) is 0. The van der Waals surface area contributed by atoms with Crippen molar-refractivity contribution < 1.29 is 0 Å². The van der Waals surface area contributed by atoms with Crippen molar-refractivity contribution in [2.24, 2.45) is 0 Å². The van der Waals surface area contributed by atoms with E-state index in [0.29, 0.717) is 0 Å². The summed E-state index contributed by atoms with van der Waals surface area (Å²) >= 11 is 0. The zero-order chi connectivity index (χ0) is 8.72. The number of nitrogens with one attached hydrogen (secondary N) is 1. The van der Waals surface area contributed by atoms with E-state index in [0.717, 1.165) is 16.9 Å². The molecule has 2 rings (SSSR count). The lowest BCUT2D eigenvalue weighted by atomic mass is 10.1. The zero-order valence-electron chi connectivity index (χ0n) is 7.31. The highest BCUT2D eigenvalue weighted by molar-refractivity contribution is 5.77. The fourth-order valence-electron chi connectivity index (χ4n) is 1.32. The highest BCUT2D eigenvalue weighted by Crippen LogP contribution is 2.16. The maximum atomic E-state index is 4.25. The molecule has 61 valence electrons. The number of nitrogens with zero attached hydrogens (tertiary/aromatic N) is 1. The second-order valence-corrected chi connectivity index (χ2v) is 3.14. The molecule has 1 heterocycles. The molecule has 1 radical (unpaired) electrons. The number of rotatable bonds is 0. The molecule has 0 spiro atoms. The number of hydrogen-bond acceptors (Lipinski definition) is 1. The number of fused-ring (bicyclic) bond motifs is 1. The molecule has 0 amide bonds. The number of hydrogen-bond donors (Lipinski definition) is 1. The maximum Gasteiger partial charge on any atom is 0.107 e. The van der Waals surface area contributed by atoms with E-state index in [4.69, 9.17) is 0 Å². The van der Waals surface area contributed by atoms with E-state index in [9.17, 15) is 0 Å². The lowest BCUT2D eigenvalue weighted by Gasteiger charge is -1.97. The molecule has 0 bridgehead atoms. The molecule has 0 aliphatic carbocycles. The molecule has 1 aromatic carbocycles. The zero-order valence-corrected chi connectivity index (χ0v) is 7.31. The van der Waals surface area contributed by atoms with Crippen LogP contribution in [0.3, 0.4) is 0 Å². The van der Waals surface area contributed by atoms with Gasteiger partial charge in [-0.2, -0.15) is 0 Å². The van der Waals surface area contributed by atoms with Crippen LogP contribution in [0.5, 0.6) is 0 Å². The predicted molar refractivity (Wildman–Crippen MR) is 50.0 cm³/mol. The highest BCUT2D eigenvalue weighted by atomic mass is 14.9. The molecule has 1 N–H and O–H groups in total. The van der Waals surface area contributed by atoms with Crippen LogP contribution >= 0.6 is 0 Å². The number of imidazole rings is 1. The fourth-order valence-corrected chi connectivity index (χ4v) is 1.32. The van der Waals surface area contributed by atoms with Crippen LogP contribution in [0.2, 0.25) is 0 Å². The Morgan fingerprint density at radius 1 is 1.25 bits per heavy atom. The average molecular weight is 159 g/mol. The largest absolute Gasteiger partial charge is 0.342 e. The molecule has 0 fully saturated rings. The van der Waals surface area contributed by atoms with Crippen molar-refractivity contribution in [2.75, 3.05) is 0 Å². The number of benzene rings is 1. The van der Waals surface area contributed by atoms with Gasteiger partial charge in [0.1, 0.15) is 5.82 Å². The van der Waals surface area contributed by atoms with Gasteiger partial charge < -0.3 is 4.98 Å². The standard InChI is InChI=1S/C10H11N2/c1-6-4-9-10(5-7(6)2)12-8(3)11-9/h4-5H,3H2,1-2H3,(H,11,12). The summed E-state index contributed by atoms with van der Waals surface area (Å²) in [6, 6.07) is 4.18. The molecule has 0 unspecified atom stereocenters. The lowest BCUT2D eigenvalue weighted by Crippen LogP contribution is -1.79. The van der Waals surface area contributed by atoms with Gasteiger partial charge in [0.25, 0.3) is 0 Å². The minimum Gasteiger partial charge on any atom is -0.342 e.